The third-order valence-corrected chi connectivity index (χ3v) is 6.80. The van der Waals surface area contributed by atoms with Gasteiger partial charge in [0.05, 0.1) is 11.0 Å². The van der Waals surface area contributed by atoms with Gasteiger partial charge in [-0.3, -0.25) is 0 Å². The van der Waals surface area contributed by atoms with Crippen molar-refractivity contribution >= 4 is 81.9 Å². The largest absolute Gasteiger partial charge is 0.246 e. The molecule has 30 heavy (non-hydrogen) atoms. The van der Waals surface area contributed by atoms with Crippen molar-refractivity contribution in [3.63, 3.8) is 0 Å². The second-order valence-electron chi connectivity index (χ2n) is 7.51. The van der Waals surface area contributed by atoms with Crippen molar-refractivity contribution in [2.45, 2.75) is 0 Å². The number of benzene rings is 5. The third kappa shape index (κ3) is 2.83. The van der Waals surface area contributed by atoms with Crippen LogP contribution in [-0.4, -0.2) is 4.98 Å². The average Bonchev–Trinajstić information content (AvgIpc) is 2.76. The highest BCUT2D eigenvalue weighted by molar-refractivity contribution is 14.1. The molecular weight excluding hydrogens is 545 g/mol. The fourth-order valence-electron chi connectivity index (χ4n) is 4.42. The van der Waals surface area contributed by atoms with E-state index in [1.54, 1.807) is 0 Å². The maximum absolute atomic E-state index is 5.25. The lowest BCUT2D eigenvalue weighted by Gasteiger charge is -2.15. The van der Waals surface area contributed by atoms with Gasteiger partial charge in [0.2, 0.25) is 0 Å². The smallest absolute Gasteiger partial charge is 0.0794 e. The fraction of sp³-hybridized carbons (Fsp3) is 0. The first-order chi connectivity index (χ1) is 14.7. The maximum atomic E-state index is 5.25. The molecule has 0 saturated heterocycles. The Hall–Kier alpha value is -2.50. The van der Waals surface area contributed by atoms with Crippen LogP contribution in [0.3, 0.4) is 0 Å². The molecule has 0 amide bonds. The first kappa shape index (κ1) is 18.3. The lowest BCUT2D eigenvalue weighted by atomic mass is 9.92. The van der Waals surface area contributed by atoms with Crippen LogP contribution in [0, 0.1) is 3.57 Å². The van der Waals surface area contributed by atoms with Gasteiger partial charge in [-0.15, -0.1) is 0 Å². The van der Waals surface area contributed by atoms with Crippen LogP contribution in [0.15, 0.2) is 95.5 Å². The quantitative estimate of drug-likeness (QED) is 0.111. The van der Waals surface area contributed by atoms with Gasteiger partial charge >= 0.3 is 0 Å². The Kier molecular flexibility index (Phi) is 4.29. The number of fused-ring (bicyclic) bond motifs is 6. The molecule has 1 aromatic heterocycles. The summed E-state index contributed by atoms with van der Waals surface area (Å²) in [5.74, 6) is 0. The maximum Gasteiger partial charge on any atom is 0.0794 e. The van der Waals surface area contributed by atoms with E-state index < -0.39 is 0 Å². The van der Waals surface area contributed by atoms with Gasteiger partial charge in [-0.1, -0.05) is 88.7 Å². The van der Waals surface area contributed by atoms with E-state index in [4.69, 9.17) is 4.98 Å². The summed E-state index contributed by atoms with van der Waals surface area (Å²) in [6.45, 7) is 0. The Bertz CT molecular complexity index is 1510. The lowest BCUT2D eigenvalue weighted by Crippen LogP contribution is -1.92. The summed E-state index contributed by atoms with van der Waals surface area (Å²) in [6, 6.07) is 32.5. The average molecular weight is 560 g/mol. The van der Waals surface area contributed by atoms with Gasteiger partial charge in [0.25, 0.3) is 0 Å². The summed E-state index contributed by atoms with van der Waals surface area (Å²) in [4.78, 5) is 5.25. The minimum Gasteiger partial charge on any atom is -0.246 e. The van der Waals surface area contributed by atoms with E-state index in [1.165, 1.54) is 47.0 Å². The summed E-state index contributed by atoms with van der Waals surface area (Å²) in [7, 11) is 0. The molecule has 0 atom stereocenters. The van der Waals surface area contributed by atoms with Crippen molar-refractivity contribution in [3.8, 4) is 11.1 Å². The van der Waals surface area contributed by atoms with Crippen LogP contribution in [0.2, 0.25) is 0 Å². The SMILES string of the molecule is Brc1cc(I)cc(-c2c3ccc4ccccc4c3nc3c2ccc2ccccc23)c1. The first-order valence-electron chi connectivity index (χ1n) is 9.78. The number of aromatic nitrogens is 1. The molecule has 5 aromatic carbocycles. The van der Waals surface area contributed by atoms with E-state index in [0.717, 1.165) is 15.5 Å². The Balaban J connectivity index is 1.90. The zero-order valence-electron chi connectivity index (χ0n) is 15.9. The van der Waals surface area contributed by atoms with Gasteiger partial charge in [-0.2, -0.15) is 0 Å². The fourth-order valence-corrected chi connectivity index (χ4v) is 6.01. The molecule has 142 valence electrons. The zero-order chi connectivity index (χ0) is 20.2. The Labute approximate surface area is 196 Å². The third-order valence-electron chi connectivity index (χ3n) is 5.71. The standard InChI is InChI=1S/C27H15BrIN/c28-19-13-18(14-20(29)15-19)25-23-11-9-16-5-1-3-7-21(16)26(23)30-27-22-8-4-2-6-17(22)10-12-24(25)27/h1-15H. The van der Waals surface area contributed by atoms with Gasteiger partial charge in [0, 0.05) is 35.2 Å². The number of rotatable bonds is 1. The molecular formula is C27H15BrIN. The molecule has 0 bridgehead atoms. The van der Waals surface area contributed by atoms with Crippen molar-refractivity contribution in [1.82, 2.24) is 4.98 Å². The predicted molar refractivity (Wildman–Crippen MR) is 140 cm³/mol. The molecule has 0 aliphatic carbocycles. The molecule has 0 saturated carbocycles. The summed E-state index contributed by atoms with van der Waals surface area (Å²) in [5, 5.41) is 7.18. The zero-order valence-corrected chi connectivity index (χ0v) is 19.6. The second-order valence-corrected chi connectivity index (χ2v) is 9.67. The lowest BCUT2D eigenvalue weighted by molar-refractivity contribution is 1.52. The van der Waals surface area contributed by atoms with Crippen LogP contribution < -0.4 is 0 Å². The summed E-state index contributed by atoms with van der Waals surface area (Å²) in [5.41, 5.74) is 4.56. The molecule has 1 heterocycles. The van der Waals surface area contributed by atoms with Gasteiger partial charge < -0.3 is 0 Å². The molecule has 0 radical (unpaired) electrons. The molecule has 6 rings (SSSR count). The van der Waals surface area contributed by atoms with E-state index in [2.05, 4.69) is 130 Å². The Morgan fingerprint density at radius 1 is 0.600 bits per heavy atom. The van der Waals surface area contributed by atoms with Gasteiger partial charge in [-0.25, -0.2) is 4.98 Å². The van der Waals surface area contributed by atoms with Crippen LogP contribution in [0.25, 0.3) is 54.5 Å². The first-order valence-corrected chi connectivity index (χ1v) is 11.7. The van der Waals surface area contributed by atoms with Crippen molar-refractivity contribution < 1.29 is 0 Å². The normalized spacial score (nSPS) is 11.7. The minimum atomic E-state index is 1.06. The molecule has 0 unspecified atom stereocenters. The molecule has 1 nitrogen and oxygen atoms in total. The van der Waals surface area contributed by atoms with Crippen LogP contribution >= 0.6 is 38.5 Å². The van der Waals surface area contributed by atoms with Crippen molar-refractivity contribution in [2.24, 2.45) is 0 Å². The van der Waals surface area contributed by atoms with Gasteiger partial charge in [-0.05, 0) is 57.1 Å². The summed E-state index contributed by atoms with van der Waals surface area (Å²) < 4.78 is 2.29. The van der Waals surface area contributed by atoms with Crippen LogP contribution in [0.4, 0.5) is 0 Å². The van der Waals surface area contributed by atoms with Crippen molar-refractivity contribution in [2.75, 3.05) is 0 Å². The molecule has 0 aliphatic rings. The Morgan fingerprint density at radius 3 is 1.73 bits per heavy atom. The molecule has 0 spiro atoms. The topological polar surface area (TPSA) is 12.9 Å². The predicted octanol–water partition coefficient (Wildman–Crippen LogP) is 8.73. The van der Waals surface area contributed by atoms with E-state index in [9.17, 15) is 0 Å². The monoisotopic (exact) mass is 559 g/mol. The number of hydrogen-bond donors (Lipinski definition) is 0. The van der Waals surface area contributed by atoms with E-state index in [1.807, 2.05) is 0 Å². The number of pyridine rings is 1. The highest BCUT2D eigenvalue weighted by atomic mass is 127. The van der Waals surface area contributed by atoms with Crippen molar-refractivity contribution in [3.05, 3.63) is 99.0 Å². The van der Waals surface area contributed by atoms with E-state index >= 15 is 0 Å². The van der Waals surface area contributed by atoms with Crippen LogP contribution in [0.5, 0.6) is 0 Å². The number of halogens is 2. The second kappa shape index (κ2) is 7.03. The highest BCUT2D eigenvalue weighted by Gasteiger charge is 2.15. The van der Waals surface area contributed by atoms with Crippen LogP contribution in [-0.2, 0) is 0 Å². The molecule has 0 aliphatic heterocycles. The van der Waals surface area contributed by atoms with Gasteiger partial charge in [0.1, 0.15) is 0 Å². The summed E-state index contributed by atoms with van der Waals surface area (Å²) in [6.07, 6.45) is 0. The van der Waals surface area contributed by atoms with E-state index in [-0.39, 0.29) is 0 Å². The molecule has 3 heteroatoms. The summed E-state index contributed by atoms with van der Waals surface area (Å²) >= 11 is 6.09. The molecule has 6 aromatic rings. The highest BCUT2D eigenvalue weighted by Crippen LogP contribution is 2.40. The Morgan fingerprint density at radius 2 is 1.17 bits per heavy atom. The van der Waals surface area contributed by atoms with Crippen LogP contribution in [0.1, 0.15) is 0 Å². The van der Waals surface area contributed by atoms with Gasteiger partial charge in [0.15, 0.2) is 0 Å². The number of nitrogens with zero attached hydrogens (tertiary/aromatic N) is 1. The van der Waals surface area contributed by atoms with Crippen molar-refractivity contribution in [1.29, 1.82) is 0 Å². The minimum absolute atomic E-state index is 1.06. The van der Waals surface area contributed by atoms with E-state index in [0.29, 0.717) is 0 Å². The number of hydrogen-bond acceptors (Lipinski definition) is 1. The molecule has 0 N–H and O–H groups in total. The molecule has 0 fully saturated rings.